The number of hydrogen-bond acceptors (Lipinski definition) is 2. The van der Waals surface area contributed by atoms with E-state index in [-0.39, 0.29) is 12.3 Å². The summed E-state index contributed by atoms with van der Waals surface area (Å²) in [4.78, 5) is 12.1. The Kier molecular flexibility index (Phi) is 4.34. The molecule has 0 aliphatic rings. The van der Waals surface area contributed by atoms with Gasteiger partial charge in [-0.15, -0.1) is 0 Å². The van der Waals surface area contributed by atoms with E-state index in [9.17, 15) is 4.79 Å². The maximum Gasteiger partial charge on any atom is 0.272 e. The SMILES string of the molecule is Nc1ccc(I)c[n+]1CC(=O)c1ccc(Br)cc1. The van der Waals surface area contributed by atoms with E-state index in [4.69, 9.17) is 5.73 Å². The zero-order valence-corrected chi connectivity index (χ0v) is 13.2. The summed E-state index contributed by atoms with van der Waals surface area (Å²) in [6, 6.07) is 11.0. The van der Waals surface area contributed by atoms with Gasteiger partial charge in [0, 0.05) is 16.1 Å². The number of hydrogen-bond donors (Lipinski definition) is 1. The number of rotatable bonds is 3. The average Bonchev–Trinajstić information content (AvgIpc) is 2.34. The van der Waals surface area contributed by atoms with Crippen LogP contribution in [0, 0.1) is 3.57 Å². The Hall–Kier alpha value is -0.950. The van der Waals surface area contributed by atoms with E-state index in [0.717, 1.165) is 8.04 Å². The van der Waals surface area contributed by atoms with Crippen LogP contribution in [0.5, 0.6) is 0 Å². The summed E-state index contributed by atoms with van der Waals surface area (Å²) in [6.45, 7) is 0.254. The molecular formula is C13H11BrIN2O+. The summed E-state index contributed by atoms with van der Waals surface area (Å²) in [5.74, 6) is 0.627. The van der Waals surface area contributed by atoms with Crippen molar-refractivity contribution in [3.63, 3.8) is 0 Å². The summed E-state index contributed by atoms with van der Waals surface area (Å²) in [5, 5.41) is 0. The molecule has 0 fully saturated rings. The minimum absolute atomic E-state index is 0.0428. The molecule has 0 radical (unpaired) electrons. The normalized spacial score (nSPS) is 10.3. The third-order valence-electron chi connectivity index (χ3n) is 2.50. The van der Waals surface area contributed by atoms with Gasteiger partial charge in [0.25, 0.3) is 5.82 Å². The lowest BCUT2D eigenvalue weighted by Gasteiger charge is -2.03. The number of nitrogens with two attached hydrogens (primary N) is 1. The second-order valence-corrected chi connectivity index (χ2v) is 5.99. The monoisotopic (exact) mass is 417 g/mol. The van der Waals surface area contributed by atoms with E-state index in [0.29, 0.717) is 11.4 Å². The van der Waals surface area contributed by atoms with Gasteiger partial charge in [-0.1, -0.05) is 28.1 Å². The van der Waals surface area contributed by atoms with Gasteiger partial charge in [-0.05, 0) is 40.8 Å². The Morgan fingerprint density at radius 3 is 2.56 bits per heavy atom. The summed E-state index contributed by atoms with van der Waals surface area (Å²) in [6.07, 6.45) is 1.87. The van der Waals surface area contributed by atoms with Crippen LogP contribution in [0.2, 0.25) is 0 Å². The molecule has 3 nitrogen and oxygen atoms in total. The first-order chi connectivity index (χ1) is 8.56. The van der Waals surface area contributed by atoms with Crippen LogP contribution in [0.3, 0.4) is 0 Å². The zero-order chi connectivity index (χ0) is 13.1. The maximum atomic E-state index is 12.1. The quantitative estimate of drug-likeness (QED) is 0.474. The topological polar surface area (TPSA) is 47.0 Å². The standard InChI is InChI=1S/C13H10BrIN2O/c14-10-3-1-9(2-4-10)12(18)8-17-7-11(15)5-6-13(17)16/h1-7,16H,8H2/p+1. The molecule has 0 bridgehead atoms. The minimum Gasteiger partial charge on any atom is -0.290 e. The Bertz CT molecular complexity index is 584. The van der Waals surface area contributed by atoms with E-state index >= 15 is 0 Å². The Morgan fingerprint density at radius 1 is 1.22 bits per heavy atom. The lowest BCUT2D eigenvalue weighted by atomic mass is 10.1. The predicted octanol–water partition coefficient (Wildman–Crippen LogP) is 2.81. The van der Waals surface area contributed by atoms with Crippen LogP contribution in [0.15, 0.2) is 47.1 Å². The molecule has 0 saturated carbocycles. The van der Waals surface area contributed by atoms with Crippen LogP contribution in [-0.4, -0.2) is 5.78 Å². The van der Waals surface area contributed by atoms with Crippen LogP contribution in [0.25, 0.3) is 0 Å². The van der Waals surface area contributed by atoms with Crippen molar-refractivity contribution in [2.45, 2.75) is 6.54 Å². The number of benzene rings is 1. The molecule has 1 aromatic carbocycles. The molecule has 5 heteroatoms. The summed E-state index contributed by atoms with van der Waals surface area (Å²) >= 11 is 5.54. The van der Waals surface area contributed by atoms with Gasteiger partial charge in [0.2, 0.25) is 5.78 Å². The van der Waals surface area contributed by atoms with Crippen molar-refractivity contribution >= 4 is 50.1 Å². The fourth-order valence-electron chi connectivity index (χ4n) is 1.55. The first-order valence-electron chi connectivity index (χ1n) is 5.29. The van der Waals surface area contributed by atoms with Crippen molar-refractivity contribution < 1.29 is 9.36 Å². The Morgan fingerprint density at radius 2 is 1.89 bits per heavy atom. The summed E-state index contributed by atoms with van der Waals surface area (Å²) in [7, 11) is 0. The molecule has 0 amide bonds. The molecule has 0 atom stereocenters. The largest absolute Gasteiger partial charge is 0.290 e. The van der Waals surface area contributed by atoms with Crippen LogP contribution < -0.4 is 10.3 Å². The van der Waals surface area contributed by atoms with Crippen molar-refractivity contribution in [2.75, 3.05) is 5.73 Å². The van der Waals surface area contributed by atoms with E-state index in [2.05, 4.69) is 38.5 Å². The van der Waals surface area contributed by atoms with Gasteiger partial charge in [-0.2, -0.15) is 0 Å². The van der Waals surface area contributed by atoms with E-state index < -0.39 is 0 Å². The molecule has 0 spiro atoms. The molecule has 18 heavy (non-hydrogen) atoms. The minimum atomic E-state index is 0.0428. The molecule has 1 aromatic heterocycles. The van der Waals surface area contributed by atoms with Crippen molar-refractivity contribution in [2.24, 2.45) is 0 Å². The molecule has 92 valence electrons. The van der Waals surface area contributed by atoms with Crippen molar-refractivity contribution in [1.29, 1.82) is 0 Å². The highest BCUT2D eigenvalue weighted by atomic mass is 127. The number of anilines is 1. The van der Waals surface area contributed by atoms with Crippen LogP contribution in [-0.2, 0) is 6.54 Å². The molecular weight excluding hydrogens is 407 g/mol. The molecule has 2 aromatic rings. The maximum absolute atomic E-state index is 12.1. The predicted molar refractivity (Wildman–Crippen MR) is 82.2 cm³/mol. The molecule has 0 unspecified atom stereocenters. The lowest BCUT2D eigenvalue weighted by molar-refractivity contribution is -0.669. The molecule has 2 rings (SSSR count). The number of carbonyl (C=O) groups is 1. The fourth-order valence-corrected chi connectivity index (χ4v) is 2.33. The number of pyridine rings is 1. The fraction of sp³-hybridized carbons (Fsp3) is 0.0769. The molecule has 0 aliphatic heterocycles. The van der Waals surface area contributed by atoms with Crippen molar-refractivity contribution in [1.82, 2.24) is 0 Å². The van der Waals surface area contributed by atoms with E-state index in [1.165, 1.54) is 0 Å². The number of ketones is 1. The molecule has 0 aliphatic carbocycles. The smallest absolute Gasteiger partial charge is 0.272 e. The van der Waals surface area contributed by atoms with Crippen LogP contribution in [0.1, 0.15) is 10.4 Å². The second kappa shape index (κ2) is 5.79. The van der Waals surface area contributed by atoms with Gasteiger partial charge >= 0.3 is 0 Å². The Labute approximate surface area is 127 Å². The highest BCUT2D eigenvalue weighted by Crippen LogP contribution is 2.11. The van der Waals surface area contributed by atoms with Gasteiger partial charge < -0.3 is 0 Å². The molecule has 2 N–H and O–H groups in total. The second-order valence-electron chi connectivity index (χ2n) is 3.83. The first-order valence-corrected chi connectivity index (χ1v) is 7.16. The van der Waals surface area contributed by atoms with Crippen molar-refractivity contribution in [3.8, 4) is 0 Å². The summed E-state index contributed by atoms with van der Waals surface area (Å²) < 4.78 is 3.76. The number of carbonyl (C=O) groups excluding carboxylic acids is 1. The van der Waals surface area contributed by atoms with E-state index in [1.807, 2.05) is 24.4 Å². The van der Waals surface area contributed by atoms with Gasteiger partial charge in [0.05, 0.1) is 3.57 Å². The number of aromatic nitrogens is 1. The van der Waals surface area contributed by atoms with Crippen molar-refractivity contribution in [3.05, 3.63) is 56.2 Å². The number of nitrogen functional groups attached to an aromatic ring is 1. The van der Waals surface area contributed by atoms with Crippen LogP contribution >= 0.6 is 38.5 Å². The van der Waals surface area contributed by atoms with E-state index in [1.54, 1.807) is 22.8 Å². The van der Waals surface area contributed by atoms with Gasteiger partial charge in [0.1, 0.15) is 6.20 Å². The third-order valence-corrected chi connectivity index (χ3v) is 3.67. The zero-order valence-electron chi connectivity index (χ0n) is 9.44. The highest BCUT2D eigenvalue weighted by Gasteiger charge is 2.12. The average molecular weight is 418 g/mol. The highest BCUT2D eigenvalue weighted by molar-refractivity contribution is 14.1. The first kappa shape index (κ1) is 13.5. The lowest BCUT2D eigenvalue weighted by Crippen LogP contribution is -2.40. The van der Waals surface area contributed by atoms with Gasteiger partial charge in [-0.3, -0.25) is 10.5 Å². The van der Waals surface area contributed by atoms with Crippen LogP contribution in [0.4, 0.5) is 5.82 Å². The molecule has 1 heterocycles. The number of Topliss-reactive ketones (excluding diaryl/α,β-unsaturated/α-hetero) is 1. The third kappa shape index (κ3) is 3.29. The van der Waals surface area contributed by atoms with Gasteiger partial charge in [-0.25, -0.2) is 4.57 Å². The van der Waals surface area contributed by atoms with Gasteiger partial charge in [0.15, 0.2) is 6.54 Å². The Balaban J connectivity index is 2.21. The summed E-state index contributed by atoms with van der Waals surface area (Å²) in [5.41, 5.74) is 6.52. The molecule has 0 saturated heterocycles. The number of nitrogens with zero attached hydrogens (tertiary/aromatic N) is 1. The number of halogens is 2.